The molecule has 0 aliphatic rings. The van der Waals surface area contributed by atoms with Gasteiger partial charge >= 0.3 is 12.2 Å². The second-order valence-corrected chi connectivity index (χ2v) is 6.15. The second kappa shape index (κ2) is 8.81. The lowest BCUT2D eigenvalue weighted by atomic mass is 10.2. The van der Waals surface area contributed by atoms with Crippen LogP contribution in [-0.4, -0.2) is 23.6 Å². The fraction of sp³-hybridized carbons (Fsp3) is 0.238. The first-order chi connectivity index (χ1) is 13.9. The zero-order chi connectivity index (χ0) is 20.9. The summed E-state index contributed by atoms with van der Waals surface area (Å²) in [7, 11) is 1.50. The van der Waals surface area contributed by atoms with Crippen LogP contribution in [0.25, 0.3) is 0 Å². The van der Waals surface area contributed by atoms with Crippen molar-refractivity contribution in [3.05, 3.63) is 71.9 Å². The Morgan fingerprint density at radius 2 is 1.76 bits per heavy atom. The third-order valence-electron chi connectivity index (χ3n) is 4.10. The van der Waals surface area contributed by atoms with Crippen LogP contribution in [0.4, 0.5) is 24.7 Å². The summed E-state index contributed by atoms with van der Waals surface area (Å²) in [6.07, 6.45) is -3.87. The molecule has 3 rings (SSSR count). The van der Waals surface area contributed by atoms with Gasteiger partial charge in [-0.15, -0.1) is 0 Å². The minimum Gasteiger partial charge on any atom is -0.494 e. The second-order valence-electron chi connectivity index (χ2n) is 6.15. The van der Waals surface area contributed by atoms with Crippen LogP contribution >= 0.6 is 0 Å². The van der Waals surface area contributed by atoms with Crippen molar-refractivity contribution >= 4 is 11.5 Å². The molecule has 0 radical (unpaired) electrons. The SMILES string of the molecule is CCOc1cccc(N(C)c2nc(OCc3ccccc3)ncc2C(F)(F)F)c1. The van der Waals surface area contributed by atoms with Crippen molar-refractivity contribution in [1.29, 1.82) is 0 Å². The van der Waals surface area contributed by atoms with E-state index in [1.807, 2.05) is 37.3 Å². The smallest absolute Gasteiger partial charge is 0.421 e. The Kier molecular flexibility index (Phi) is 6.21. The Bertz CT molecular complexity index is 949. The highest BCUT2D eigenvalue weighted by atomic mass is 19.4. The highest BCUT2D eigenvalue weighted by molar-refractivity contribution is 5.64. The summed E-state index contributed by atoms with van der Waals surface area (Å²) >= 11 is 0. The van der Waals surface area contributed by atoms with Gasteiger partial charge in [-0.3, -0.25) is 0 Å². The predicted molar refractivity (Wildman–Crippen MR) is 103 cm³/mol. The number of rotatable bonds is 7. The van der Waals surface area contributed by atoms with Gasteiger partial charge in [-0.05, 0) is 24.6 Å². The van der Waals surface area contributed by atoms with E-state index < -0.39 is 11.7 Å². The number of hydrogen-bond donors (Lipinski definition) is 0. The topological polar surface area (TPSA) is 47.5 Å². The van der Waals surface area contributed by atoms with Crippen LogP contribution in [0.5, 0.6) is 11.8 Å². The maximum absolute atomic E-state index is 13.5. The van der Waals surface area contributed by atoms with Gasteiger partial charge in [0.25, 0.3) is 0 Å². The molecule has 8 heteroatoms. The molecule has 0 unspecified atom stereocenters. The summed E-state index contributed by atoms with van der Waals surface area (Å²) < 4.78 is 51.5. The van der Waals surface area contributed by atoms with Crippen molar-refractivity contribution in [3.63, 3.8) is 0 Å². The fourth-order valence-corrected chi connectivity index (χ4v) is 2.68. The van der Waals surface area contributed by atoms with Crippen LogP contribution in [0.1, 0.15) is 18.1 Å². The quantitative estimate of drug-likeness (QED) is 0.540. The summed E-state index contributed by atoms with van der Waals surface area (Å²) in [4.78, 5) is 9.11. The molecule has 0 aliphatic carbocycles. The lowest BCUT2D eigenvalue weighted by molar-refractivity contribution is -0.137. The van der Waals surface area contributed by atoms with E-state index in [1.165, 1.54) is 11.9 Å². The summed E-state index contributed by atoms with van der Waals surface area (Å²) in [5.74, 6) is 0.254. The average Bonchev–Trinajstić information content (AvgIpc) is 2.72. The van der Waals surface area contributed by atoms with Crippen LogP contribution in [-0.2, 0) is 12.8 Å². The van der Waals surface area contributed by atoms with E-state index in [1.54, 1.807) is 24.3 Å². The number of benzene rings is 2. The molecule has 2 aromatic carbocycles. The predicted octanol–water partition coefficient (Wildman–Crippen LogP) is 5.24. The number of aromatic nitrogens is 2. The molecule has 0 spiro atoms. The molecule has 0 atom stereocenters. The molecule has 152 valence electrons. The van der Waals surface area contributed by atoms with Crippen LogP contribution in [0.15, 0.2) is 60.8 Å². The van der Waals surface area contributed by atoms with Gasteiger partial charge in [0.2, 0.25) is 0 Å². The van der Waals surface area contributed by atoms with Gasteiger partial charge in [0.1, 0.15) is 17.9 Å². The normalized spacial score (nSPS) is 11.2. The molecular formula is C21H20F3N3O2. The van der Waals surface area contributed by atoms with Gasteiger partial charge in [-0.1, -0.05) is 36.4 Å². The number of alkyl halides is 3. The van der Waals surface area contributed by atoms with Crippen molar-refractivity contribution in [3.8, 4) is 11.8 Å². The molecule has 0 fully saturated rings. The van der Waals surface area contributed by atoms with E-state index in [2.05, 4.69) is 9.97 Å². The Morgan fingerprint density at radius 1 is 1.00 bits per heavy atom. The summed E-state index contributed by atoms with van der Waals surface area (Å²) in [6.45, 7) is 2.43. The van der Waals surface area contributed by atoms with Gasteiger partial charge in [0.05, 0.1) is 6.61 Å². The van der Waals surface area contributed by atoms with E-state index in [-0.39, 0.29) is 18.4 Å². The molecule has 0 N–H and O–H groups in total. The number of nitrogens with zero attached hydrogens (tertiary/aromatic N) is 3. The highest BCUT2D eigenvalue weighted by Gasteiger charge is 2.36. The molecule has 5 nitrogen and oxygen atoms in total. The van der Waals surface area contributed by atoms with E-state index in [4.69, 9.17) is 9.47 Å². The maximum Gasteiger partial charge on any atom is 0.421 e. The van der Waals surface area contributed by atoms with Crippen LogP contribution in [0, 0.1) is 0 Å². The van der Waals surface area contributed by atoms with Gasteiger partial charge in [-0.25, -0.2) is 4.98 Å². The fourth-order valence-electron chi connectivity index (χ4n) is 2.68. The number of anilines is 2. The lowest BCUT2D eigenvalue weighted by Crippen LogP contribution is -2.19. The van der Waals surface area contributed by atoms with Crippen molar-refractivity contribution < 1.29 is 22.6 Å². The Balaban J connectivity index is 1.92. The van der Waals surface area contributed by atoms with Gasteiger partial charge in [0, 0.05) is 25.0 Å². The van der Waals surface area contributed by atoms with Crippen molar-refractivity contribution in [1.82, 2.24) is 9.97 Å². The van der Waals surface area contributed by atoms with E-state index >= 15 is 0 Å². The molecule has 29 heavy (non-hydrogen) atoms. The monoisotopic (exact) mass is 403 g/mol. The lowest BCUT2D eigenvalue weighted by Gasteiger charge is -2.23. The standard InChI is InChI=1S/C21H20F3N3O2/c1-3-28-17-11-7-10-16(12-17)27(2)19-18(21(22,23)24)13-25-20(26-19)29-14-15-8-5-4-6-9-15/h4-13H,3,14H2,1-2H3. The minimum absolute atomic E-state index is 0.135. The van der Waals surface area contributed by atoms with Crippen LogP contribution < -0.4 is 14.4 Å². The van der Waals surface area contributed by atoms with Crippen molar-refractivity contribution in [2.75, 3.05) is 18.6 Å². The van der Waals surface area contributed by atoms with Gasteiger partial charge in [-0.2, -0.15) is 18.2 Å². The Morgan fingerprint density at radius 3 is 2.45 bits per heavy atom. The Hall–Kier alpha value is -3.29. The third-order valence-corrected chi connectivity index (χ3v) is 4.10. The molecule has 3 aromatic rings. The molecule has 0 amide bonds. The van der Waals surface area contributed by atoms with Crippen molar-refractivity contribution in [2.24, 2.45) is 0 Å². The summed E-state index contributed by atoms with van der Waals surface area (Å²) in [6, 6.07) is 15.9. The minimum atomic E-state index is -4.61. The van der Waals surface area contributed by atoms with Gasteiger partial charge < -0.3 is 14.4 Å². The van der Waals surface area contributed by atoms with Crippen LogP contribution in [0.3, 0.4) is 0 Å². The highest BCUT2D eigenvalue weighted by Crippen LogP contribution is 2.38. The zero-order valence-corrected chi connectivity index (χ0v) is 16.0. The van der Waals surface area contributed by atoms with E-state index in [0.717, 1.165) is 11.8 Å². The maximum atomic E-state index is 13.5. The van der Waals surface area contributed by atoms with Crippen molar-refractivity contribution in [2.45, 2.75) is 19.7 Å². The molecule has 0 bridgehead atoms. The third kappa shape index (κ3) is 5.16. The zero-order valence-electron chi connectivity index (χ0n) is 16.0. The van der Waals surface area contributed by atoms with Crippen LogP contribution in [0.2, 0.25) is 0 Å². The summed E-state index contributed by atoms with van der Waals surface area (Å²) in [5, 5.41) is 0. The molecule has 0 saturated heterocycles. The number of hydrogen-bond acceptors (Lipinski definition) is 5. The van der Waals surface area contributed by atoms with Gasteiger partial charge in [0.15, 0.2) is 5.82 Å². The molecule has 0 saturated carbocycles. The summed E-state index contributed by atoms with van der Waals surface area (Å²) in [5.41, 5.74) is 0.401. The number of ether oxygens (including phenoxy) is 2. The molecule has 0 aliphatic heterocycles. The Labute approximate surface area is 166 Å². The largest absolute Gasteiger partial charge is 0.494 e. The first-order valence-electron chi connectivity index (χ1n) is 8.96. The molecule has 1 aromatic heterocycles. The number of halogens is 3. The average molecular weight is 403 g/mol. The van der Waals surface area contributed by atoms with E-state index in [9.17, 15) is 13.2 Å². The first-order valence-corrected chi connectivity index (χ1v) is 8.96. The first kappa shape index (κ1) is 20.4. The molecule has 1 heterocycles. The van der Waals surface area contributed by atoms with E-state index in [0.29, 0.717) is 18.0 Å². The molecular weight excluding hydrogens is 383 g/mol.